The van der Waals surface area contributed by atoms with Crippen molar-refractivity contribution in [2.75, 3.05) is 6.54 Å². The van der Waals surface area contributed by atoms with Gasteiger partial charge in [0.15, 0.2) is 0 Å². The second-order valence-corrected chi connectivity index (χ2v) is 4.83. The van der Waals surface area contributed by atoms with Gasteiger partial charge in [-0.25, -0.2) is 9.59 Å². The molecular formula is C14H20N4O2. The minimum atomic E-state index is -0.172. The van der Waals surface area contributed by atoms with Gasteiger partial charge in [0.25, 0.3) is 0 Å². The highest BCUT2D eigenvalue weighted by Gasteiger charge is 2.08. The molecule has 0 spiro atoms. The van der Waals surface area contributed by atoms with E-state index in [0.717, 1.165) is 23.0 Å². The predicted octanol–water partition coefficient (Wildman–Crippen LogP) is 1.09. The molecule has 0 aliphatic rings. The van der Waals surface area contributed by atoms with E-state index in [-0.39, 0.29) is 11.7 Å². The average molecular weight is 276 g/mol. The molecule has 1 aromatic heterocycles. The van der Waals surface area contributed by atoms with Crippen molar-refractivity contribution in [1.82, 2.24) is 19.8 Å². The Morgan fingerprint density at radius 2 is 1.85 bits per heavy atom. The molecule has 0 aliphatic heterocycles. The van der Waals surface area contributed by atoms with Crippen molar-refractivity contribution in [2.24, 2.45) is 14.1 Å². The number of fused-ring (bicyclic) bond motifs is 1. The third-order valence-electron chi connectivity index (χ3n) is 3.33. The first kappa shape index (κ1) is 14.2. The van der Waals surface area contributed by atoms with E-state index in [1.165, 1.54) is 0 Å². The van der Waals surface area contributed by atoms with Crippen LogP contribution in [0.4, 0.5) is 4.79 Å². The van der Waals surface area contributed by atoms with Gasteiger partial charge in [-0.05, 0) is 24.1 Å². The lowest BCUT2D eigenvalue weighted by atomic mass is 10.2. The highest BCUT2D eigenvalue weighted by atomic mass is 16.2. The Morgan fingerprint density at radius 3 is 2.55 bits per heavy atom. The molecule has 0 saturated heterocycles. The fourth-order valence-electron chi connectivity index (χ4n) is 2.15. The van der Waals surface area contributed by atoms with Crippen molar-refractivity contribution in [2.45, 2.75) is 19.9 Å². The van der Waals surface area contributed by atoms with Crippen LogP contribution >= 0.6 is 0 Å². The number of nitrogens with one attached hydrogen (secondary N) is 2. The van der Waals surface area contributed by atoms with Crippen molar-refractivity contribution in [3.63, 3.8) is 0 Å². The van der Waals surface area contributed by atoms with Gasteiger partial charge in [-0.15, -0.1) is 0 Å². The van der Waals surface area contributed by atoms with Crippen LogP contribution in [0, 0.1) is 0 Å². The number of benzene rings is 1. The highest BCUT2D eigenvalue weighted by Crippen LogP contribution is 2.13. The number of amides is 2. The maximum atomic E-state index is 11.8. The molecule has 6 heteroatoms. The van der Waals surface area contributed by atoms with Crippen molar-refractivity contribution in [3.8, 4) is 0 Å². The quantitative estimate of drug-likeness (QED) is 0.877. The summed E-state index contributed by atoms with van der Waals surface area (Å²) in [6.45, 7) is 3.11. The molecule has 2 amide bonds. The van der Waals surface area contributed by atoms with Gasteiger partial charge in [0.05, 0.1) is 11.0 Å². The molecule has 0 atom stereocenters. The molecule has 0 saturated carbocycles. The summed E-state index contributed by atoms with van der Waals surface area (Å²) >= 11 is 0. The summed E-state index contributed by atoms with van der Waals surface area (Å²) in [6, 6.07) is 5.57. The Bertz CT molecular complexity index is 684. The smallest absolute Gasteiger partial charge is 0.328 e. The number of carbonyl (C=O) groups is 1. The minimum absolute atomic E-state index is 0.0502. The lowest BCUT2D eigenvalue weighted by molar-refractivity contribution is 0.240. The molecule has 0 unspecified atom stereocenters. The van der Waals surface area contributed by atoms with Crippen LogP contribution in [0.5, 0.6) is 0 Å². The fourth-order valence-corrected chi connectivity index (χ4v) is 2.15. The molecule has 1 aromatic carbocycles. The Morgan fingerprint density at radius 1 is 1.15 bits per heavy atom. The molecule has 6 nitrogen and oxygen atoms in total. The van der Waals surface area contributed by atoms with Crippen LogP contribution in [0.25, 0.3) is 11.0 Å². The van der Waals surface area contributed by atoms with E-state index in [1.54, 1.807) is 23.2 Å². The van der Waals surface area contributed by atoms with Gasteiger partial charge in [-0.3, -0.25) is 9.13 Å². The van der Waals surface area contributed by atoms with Gasteiger partial charge in [0.2, 0.25) is 0 Å². The molecule has 1 heterocycles. The monoisotopic (exact) mass is 276 g/mol. The number of hydrogen-bond acceptors (Lipinski definition) is 2. The first-order valence-electron chi connectivity index (χ1n) is 6.70. The van der Waals surface area contributed by atoms with Crippen molar-refractivity contribution >= 4 is 17.1 Å². The molecular weight excluding hydrogens is 256 g/mol. The first-order chi connectivity index (χ1) is 9.54. The summed E-state index contributed by atoms with van der Waals surface area (Å²) < 4.78 is 3.22. The van der Waals surface area contributed by atoms with Crippen LogP contribution in [0.15, 0.2) is 23.0 Å². The number of aryl methyl sites for hydroxylation is 2. The second-order valence-electron chi connectivity index (χ2n) is 4.83. The van der Waals surface area contributed by atoms with Crippen LogP contribution in [-0.4, -0.2) is 21.7 Å². The van der Waals surface area contributed by atoms with Gasteiger partial charge in [0, 0.05) is 27.2 Å². The maximum Gasteiger partial charge on any atom is 0.328 e. The van der Waals surface area contributed by atoms with Gasteiger partial charge >= 0.3 is 11.7 Å². The van der Waals surface area contributed by atoms with E-state index >= 15 is 0 Å². The normalized spacial score (nSPS) is 10.8. The zero-order valence-corrected chi connectivity index (χ0v) is 12.1. The van der Waals surface area contributed by atoms with Crippen LogP contribution in [0.3, 0.4) is 0 Å². The first-order valence-corrected chi connectivity index (χ1v) is 6.70. The SMILES string of the molecule is CCCNC(=O)NCc1ccc2c(c1)n(C)c(=O)n2C. The number of aromatic nitrogens is 2. The summed E-state index contributed by atoms with van der Waals surface area (Å²) in [4.78, 5) is 23.3. The van der Waals surface area contributed by atoms with E-state index in [1.807, 2.05) is 25.1 Å². The standard InChI is InChI=1S/C14H20N4O2/c1-4-7-15-13(19)16-9-10-5-6-11-12(8-10)18(3)14(20)17(11)2/h5-6,8H,4,7,9H2,1-3H3,(H2,15,16,19). The summed E-state index contributed by atoms with van der Waals surface area (Å²) in [5.41, 5.74) is 2.67. The van der Waals surface area contributed by atoms with E-state index < -0.39 is 0 Å². The van der Waals surface area contributed by atoms with Crippen molar-refractivity contribution < 1.29 is 4.79 Å². The largest absolute Gasteiger partial charge is 0.338 e. The highest BCUT2D eigenvalue weighted by molar-refractivity contribution is 5.77. The number of rotatable bonds is 4. The van der Waals surface area contributed by atoms with E-state index in [0.29, 0.717) is 13.1 Å². The van der Waals surface area contributed by atoms with E-state index in [2.05, 4.69) is 10.6 Å². The summed E-state index contributed by atoms with van der Waals surface area (Å²) in [7, 11) is 3.50. The zero-order chi connectivity index (χ0) is 14.7. The van der Waals surface area contributed by atoms with Crippen LogP contribution in [-0.2, 0) is 20.6 Å². The van der Waals surface area contributed by atoms with Crippen molar-refractivity contribution in [3.05, 3.63) is 34.2 Å². The number of imidazole rings is 1. The molecule has 0 fully saturated rings. The molecule has 2 N–H and O–H groups in total. The second kappa shape index (κ2) is 5.81. The number of urea groups is 1. The van der Waals surface area contributed by atoms with Gasteiger partial charge in [-0.1, -0.05) is 13.0 Å². The van der Waals surface area contributed by atoms with Gasteiger partial charge in [-0.2, -0.15) is 0 Å². The van der Waals surface area contributed by atoms with Crippen LogP contribution < -0.4 is 16.3 Å². The topological polar surface area (TPSA) is 68.1 Å². The van der Waals surface area contributed by atoms with Crippen LogP contribution in [0.2, 0.25) is 0 Å². The molecule has 0 bridgehead atoms. The zero-order valence-electron chi connectivity index (χ0n) is 12.1. The minimum Gasteiger partial charge on any atom is -0.338 e. The molecule has 0 radical (unpaired) electrons. The van der Waals surface area contributed by atoms with Gasteiger partial charge in [0.1, 0.15) is 0 Å². The molecule has 2 rings (SSSR count). The lowest BCUT2D eigenvalue weighted by Gasteiger charge is -2.07. The summed E-state index contributed by atoms with van der Waals surface area (Å²) in [5, 5.41) is 5.55. The number of hydrogen-bond donors (Lipinski definition) is 2. The average Bonchev–Trinajstić information content (AvgIpc) is 2.67. The predicted molar refractivity (Wildman–Crippen MR) is 78.7 cm³/mol. The lowest BCUT2D eigenvalue weighted by Crippen LogP contribution is -2.35. The van der Waals surface area contributed by atoms with Gasteiger partial charge < -0.3 is 10.6 Å². The summed E-state index contributed by atoms with van der Waals surface area (Å²) in [6.07, 6.45) is 0.908. The van der Waals surface area contributed by atoms with Crippen molar-refractivity contribution in [1.29, 1.82) is 0 Å². The molecule has 0 aliphatic carbocycles. The molecule has 20 heavy (non-hydrogen) atoms. The maximum absolute atomic E-state index is 11.8. The number of carbonyl (C=O) groups excluding carboxylic acids is 1. The van der Waals surface area contributed by atoms with E-state index in [9.17, 15) is 9.59 Å². The Labute approximate surface area is 117 Å². The third-order valence-corrected chi connectivity index (χ3v) is 3.33. The Hall–Kier alpha value is -2.24. The molecule has 108 valence electrons. The third kappa shape index (κ3) is 2.68. The van der Waals surface area contributed by atoms with Crippen LogP contribution in [0.1, 0.15) is 18.9 Å². The number of nitrogens with zero attached hydrogens (tertiary/aromatic N) is 2. The Kier molecular flexibility index (Phi) is 4.12. The van der Waals surface area contributed by atoms with E-state index in [4.69, 9.17) is 0 Å². The summed E-state index contributed by atoms with van der Waals surface area (Å²) in [5.74, 6) is 0. The molecule has 2 aromatic rings. The Balaban J connectivity index is 2.14. The fraction of sp³-hybridized carbons (Fsp3) is 0.429.